The quantitative estimate of drug-likeness (QED) is 0.749. The second-order valence-electron chi connectivity index (χ2n) is 7.78. The third kappa shape index (κ3) is 2.25. The van der Waals surface area contributed by atoms with Gasteiger partial charge in [-0.1, -0.05) is 20.8 Å². The van der Waals surface area contributed by atoms with Crippen molar-refractivity contribution < 1.29 is 24.2 Å². The molecular formula is C17H26O5. The molecule has 0 bridgehead atoms. The highest BCUT2D eigenvalue weighted by Gasteiger charge is 2.60. The Morgan fingerprint density at radius 1 is 1.36 bits per heavy atom. The van der Waals surface area contributed by atoms with Gasteiger partial charge in [-0.2, -0.15) is 0 Å². The molecule has 8 atom stereocenters. The Hall–Kier alpha value is -1.10. The monoisotopic (exact) mass is 310 g/mol. The van der Waals surface area contributed by atoms with E-state index in [-0.39, 0.29) is 53.2 Å². The summed E-state index contributed by atoms with van der Waals surface area (Å²) >= 11 is 0. The zero-order valence-corrected chi connectivity index (χ0v) is 13.7. The van der Waals surface area contributed by atoms with E-state index in [2.05, 4.69) is 13.8 Å². The summed E-state index contributed by atoms with van der Waals surface area (Å²) in [4.78, 5) is 23.3. The van der Waals surface area contributed by atoms with Gasteiger partial charge in [0.1, 0.15) is 12.2 Å². The zero-order valence-electron chi connectivity index (χ0n) is 13.7. The number of aliphatic hydroxyl groups excluding tert-OH is 1. The van der Waals surface area contributed by atoms with Crippen molar-refractivity contribution in [3.63, 3.8) is 0 Å². The number of rotatable bonds is 1. The average molecular weight is 310 g/mol. The minimum atomic E-state index is -0.508. The van der Waals surface area contributed by atoms with E-state index in [0.717, 1.165) is 12.8 Å². The van der Waals surface area contributed by atoms with E-state index in [1.54, 1.807) is 0 Å². The molecule has 3 aliphatic rings. The molecule has 5 heteroatoms. The molecule has 5 nitrogen and oxygen atoms in total. The van der Waals surface area contributed by atoms with Gasteiger partial charge in [0, 0.05) is 30.6 Å². The first-order valence-corrected chi connectivity index (χ1v) is 8.29. The normalized spacial score (nSPS) is 50.8. The van der Waals surface area contributed by atoms with Gasteiger partial charge >= 0.3 is 11.9 Å². The highest BCUT2D eigenvalue weighted by atomic mass is 16.6. The number of hydrogen-bond acceptors (Lipinski definition) is 5. The van der Waals surface area contributed by atoms with Crippen molar-refractivity contribution in [2.75, 3.05) is 0 Å². The molecule has 2 saturated carbocycles. The topological polar surface area (TPSA) is 72.8 Å². The Labute approximate surface area is 131 Å². The fraction of sp³-hybridized carbons (Fsp3) is 0.882. The van der Waals surface area contributed by atoms with Gasteiger partial charge in [-0.05, 0) is 18.8 Å². The van der Waals surface area contributed by atoms with Crippen molar-refractivity contribution in [3.8, 4) is 0 Å². The number of fused-ring (bicyclic) bond motifs is 2. The van der Waals surface area contributed by atoms with E-state index >= 15 is 0 Å². The van der Waals surface area contributed by atoms with E-state index < -0.39 is 6.10 Å². The minimum Gasteiger partial charge on any atom is -0.462 e. The average Bonchev–Trinajstić information content (AvgIpc) is 2.73. The van der Waals surface area contributed by atoms with Crippen molar-refractivity contribution in [2.45, 2.75) is 65.3 Å². The van der Waals surface area contributed by atoms with E-state index in [4.69, 9.17) is 9.47 Å². The molecule has 3 rings (SSSR count). The van der Waals surface area contributed by atoms with Gasteiger partial charge in [-0.3, -0.25) is 9.59 Å². The van der Waals surface area contributed by atoms with Crippen LogP contribution in [0.25, 0.3) is 0 Å². The number of carbonyl (C=O) groups excluding carboxylic acids is 2. The van der Waals surface area contributed by atoms with Crippen molar-refractivity contribution >= 4 is 11.9 Å². The van der Waals surface area contributed by atoms with E-state index in [1.165, 1.54) is 6.92 Å². The van der Waals surface area contributed by atoms with Crippen LogP contribution in [0.1, 0.15) is 47.0 Å². The van der Waals surface area contributed by atoms with Crippen LogP contribution < -0.4 is 0 Å². The molecule has 0 aromatic heterocycles. The van der Waals surface area contributed by atoms with Crippen LogP contribution in [0.4, 0.5) is 0 Å². The second-order valence-corrected chi connectivity index (χ2v) is 7.78. The van der Waals surface area contributed by atoms with E-state index in [9.17, 15) is 14.7 Å². The molecule has 0 spiro atoms. The molecule has 0 radical (unpaired) electrons. The number of carbonyl (C=O) groups is 2. The molecule has 1 aliphatic heterocycles. The highest BCUT2D eigenvalue weighted by molar-refractivity contribution is 5.74. The summed E-state index contributed by atoms with van der Waals surface area (Å²) in [6.07, 6.45) is 1.21. The van der Waals surface area contributed by atoms with Crippen molar-refractivity contribution in [1.82, 2.24) is 0 Å². The molecule has 0 aromatic carbocycles. The van der Waals surface area contributed by atoms with Crippen LogP contribution in [0.15, 0.2) is 0 Å². The number of aliphatic hydroxyl groups is 1. The molecule has 1 saturated heterocycles. The summed E-state index contributed by atoms with van der Waals surface area (Å²) in [5, 5.41) is 10.7. The third-order valence-corrected chi connectivity index (χ3v) is 6.35. The number of hydrogen-bond donors (Lipinski definition) is 1. The van der Waals surface area contributed by atoms with E-state index in [1.807, 2.05) is 6.92 Å². The first-order chi connectivity index (χ1) is 10.2. The molecule has 3 fully saturated rings. The van der Waals surface area contributed by atoms with Crippen molar-refractivity contribution in [1.29, 1.82) is 0 Å². The van der Waals surface area contributed by atoms with Crippen molar-refractivity contribution in [3.05, 3.63) is 0 Å². The maximum atomic E-state index is 11.9. The number of esters is 2. The second kappa shape index (κ2) is 5.22. The Morgan fingerprint density at radius 2 is 2.05 bits per heavy atom. The van der Waals surface area contributed by atoms with Crippen LogP contribution in [0.5, 0.6) is 0 Å². The lowest BCUT2D eigenvalue weighted by molar-refractivity contribution is -0.150. The van der Waals surface area contributed by atoms with Crippen LogP contribution in [0.3, 0.4) is 0 Å². The summed E-state index contributed by atoms with van der Waals surface area (Å²) in [6.45, 7) is 7.55. The minimum absolute atomic E-state index is 0.0647. The molecule has 8 unspecified atom stereocenters. The first kappa shape index (κ1) is 15.8. The lowest BCUT2D eigenvalue weighted by atomic mass is 9.68. The van der Waals surface area contributed by atoms with Gasteiger partial charge in [-0.15, -0.1) is 0 Å². The predicted molar refractivity (Wildman–Crippen MR) is 78.7 cm³/mol. The van der Waals surface area contributed by atoms with E-state index in [0.29, 0.717) is 6.42 Å². The Morgan fingerprint density at radius 3 is 2.68 bits per heavy atom. The summed E-state index contributed by atoms with van der Waals surface area (Å²) < 4.78 is 11.1. The SMILES string of the molecule is CC(=O)OC1CC(O)C2(C)CC3C(CC(C)C12)OC(=O)C3C. The Balaban J connectivity index is 1.92. The third-order valence-electron chi connectivity index (χ3n) is 6.35. The zero-order chi connectivity index (χ0) is 16.2. The standard InChI is InChI=1S/C17H26O5/c1-8-5-12-11(9(2)16(20)22-12)7-17(4)14(19)6-13(15(8)17)21-10(3)18/h8-9,11-15,19H,5-7H2,1-4H3. The first-order valence-electron chi connectivity index (χ1n) is 8.29. The molecular weight excluding hydrogens is 284 g/mol. The largest absolute Gasteiger partial charge is 0.462 e. The van der Waals surface area contributed by atoms with Gasteiger partial charge in [0.05, 0.1) is 12.0 Å². The predicted octanol–water partition coefficient (Wildman–Crippen LogP) is 1.91. The molecule has 2 aliphatic carbocycles. The van der Waals surface area contributed by atoms with Crippen LogP contribution in [0.2, 0.25) is 0 Å². The highest BCUT2D eigenvalue weighted by Crippen LogP contribution is 2.57. The van der Waals surface area contributed by atoms with Gasteiger partial charge in [0.15, 0.2) is 0 Å². The van der Waals surface area contributed by atoms with Gasteiger partial charge < -0.3 is 14.6 Å². The molecule has 0 aromatic rings. The smallest absolute Gasteiger partial charge is 0.309 e. The Bertz CT molecular complexity index is 489. The van der Waals surface area contributed by atoms with Crippen LogP contribution >= 0.6 is 0 Å². The summed E-state index contributed by atoms with van der Waals surface area (Å²) in [7, 11) is 0. The lowest BCUT2D eigenvalue weighted by Crippen LogP contribution is -2.39. The lowest BCUT2D eigenvalue weighted by Gasteiger charge is -2.38. The maximum absolute atomic E-state index is 11.9. The molecule has 22 heavy (non-hydrogen) atoms. The van der Waals surface area contributed by atoms with Crippen LogP contribution in [-0.2, 0) is 19.1 Å². The fourth-order valence-electron chi connectivity index (χ4n) is 5.30. The van der Waals surface area contributed by atoms with Gasteiger partial charge in [0.2, 0.25) is 0 Å². The van der Waals surface area contributed by atoms with Crippen molar-refractivity contribution in [2.24, 2.45) is 29.1 Å². The fourth-order valence-corrected chi connectivity index (χ4v) is 5.30. The van der Waals surface area contributed by atoms with Gasteiger partial charge in [0.25, 0.3) is 0 Å². The molecule has 124 valence electrons. The van der Waals surface area contributed by atoms with Crippen LogP contribution in [0, 0.1) is 29.1 Å². The number of ether oxygens (including phenoxy) is 2. The summed E-state index contributed by atoms with van der Waals surface area (Å²) in [6, 6.07) is 0. The van der Waals surface area contributed by atoms with Gasteiger partial charge in [-0.25, -0.2) is 0 Å². The summed E-state index contributed by atoms with van der Waals surface area (Å²) in [5.74, 6) is -0.0305. The Kier molecular flexibility index (Phi) is 3.75. The van der Waals surface area contributed by atoms with Crippen LogP contribution in [-0.4, -0.2) is 35.4 Å². The molecule has 0 amide bonds. The molecule has 1 heterocycles. The summed E-state index contributed by atoms with van der Waals surface area (Å²) in [5.41, 5.74) is -0.332. The maximum Gasteiger partial charge on any atom is 0.309 e. The molecule has 1 N–H and O–H groups in total.